The molecule has 3 heterocycles. The summed E-state index contributed by atoms with van der Waals surface area (Å²) in [4.78, 5) is 13.7. The van der Waals surface area contributed by atoms with Crippen LogP contribution in [0.1, 0.15) is 25.6 Å². The molecule has 5 rings (SSSR count). The number of hydrogen-bond donors (Lipinski definition) is 1. The van der Waals surface area contributed by atoms with Gasteiger partial charge in [0.25, 0.3) is 0 Å². The molecule has 28 heavy (non-hydrogen) atoms. The fourth-order valence-electron chi connectivity index (χ4n) is 3.75. The van der Waals surface area contributed by atoms with Gasteiger partial charge in [-0.25, -0.2) is 18.8 Å². The predicted molar refractivity (Wildman–Crippen MR) is 104 cm³/mol. The zero-order valence-corrected chi connectivity index (χ0v) is 15.6. The van der Waals surface area contributed by atoms with Gasteiger partial charge in [-0.3, -0.25) is 14.4 Å². The van der Waals surface area contributed by atoms with Crippen LogP contribution in [0.2, 0.25) is 0 Å². The van der Waals surface area contributed by atoms with E-state index in [1.54, 1.807) is 0 Å². The van der Waals surface area contributed by atoms with Gasteiger partial charge in [0.2, 0.25) is 11.9 Å². The summed E-state index contributed by atoms with van der Waals surface area (Å²) < 4.78 is 30.1. The molecule has 144 valence electrons. The highest BCUT2D eigenvalue weighted by atomic mass is 19.1. The second kappa shape index (κ2) is 6.27. The van der Waals surface area contributed by atoms with Gasteiger partial charge in [-0.15, -0.1) is 0 Å². The van der Waals surface area contributed by atoms with E-state index in [1.165, 1.54) is 12.1 Å². The molecule has 0 saturated heterocycles. The second-order valence-electron chi connectivity index (χ2n) is 7.36. The predicted octanol–water partition coefficient (Wildman–Crippen LogP) is 3.27. The van der Waals surface area contributed by atoms with Crippen molar-refractivity contribution in [2.45, 2.75) is 26.1 Å². The number of aromatic nitrogens is 2. The SMILES string of the molecule is CC(C)N1CN=C2N[C@H](c3ccc(F)cc3F)n3c(nc4ccccc43)N2C1. The maximum Gasteiger partial charge on any atom is 0.216 e. The number of anilines is 1. The highest BCUT2D eigenvalue weighted by Crippen LogP contribution is 2.34. The number of guanidine groups is 1. The topological polar surface area (TPSA) is 48.7 Å². The maximum atomic E-state index is 14.7. The first-order valence-corrected chi connectivity index (χ1v) is 9.27. The first-order chi connectivity index (χ1) is 13.5. The molecule has 1 N–H and O–H groups in total. The van der Waals surface area contributed by atoms with Crippen LogP contribution in [0.4, 0.5) is 14.7 Å². The van der Waals surface area contributed by atoms with E-state index >= 15 is 0 Å². The minimum atomic E-state index is -0.602. The summed E-state index contributed by atoms with van der Waals surface area (Å²) in [6, 6.07) is 11.7. The van der Waals surface area contributed by atoms with Crippen molar-refractivity contribution in [3.8, 4) is 0 Å². The Morgan fingerprint density at radius 2 is 1.96 bits per heavy atom. The molecule has 0 aliphatic carbocycles. The van der Waals surface area contributed by atoms with Gasteiger partial charge in [0.1, 0.15) is 17.8 Å². The number of hydrogen-bond acceptors (Lipinski definition) is 5. The Labute approximate surface area is 161 Å². The lowest BCUT2D eigenvalue weighted by atomic mass is 10.1. The van der Waals surface area contributed by atoms with E-state index in [2.05, 4.69) is 29.1 Å². The molecule has 2 aliphatic rings. The molecule has 0 saturated carbocycles. The summed E-state index contributed by atoms with van der Waals surface area (Å²) in [6.45, 7) is 5.43. The Bertz CT molecular complexity index is 1090. The van der Waals surface area contributed by atoms with Gasteiger partial charge in [0.05, 0.1) is 24.4 Å². The van der Waals surface area contributed by atoms with Crippen LogP contribution in [0.15, 0.2) is 47.5 Å². The summed E-state index contributed by atoms with van der Waals surface area (Å²) in [5.74, 6) is 0.137. The second-order valence-corrected chi connectivity index (χ2v) is 7.36. The molecule has 2 aliphatic heterocycles. The van der Waals surface area contributed by atoms with E-state index in [1.807, 2.05) is 33.7 Å². The van der Waals surface area contributed by atoms with Crippen LogP contribution in [0, 0.1) is 11.6 Å². The number of nitrogens with zero attached hydrogens (tertiary/aromatic N) is 5. The lowest BCUT2D eigenvalue weighted by molar-refractivity contribution is 0.221. The highest BCUT2D eigenvalue weighted by Gasteiger charge is 2.37. The monoisotopic (exact) mass is 382 g/mol. The molecule has 0 unspecified atom stereocenters. The molecular weight excluding hydrogens is 362 g/mol. The first kappa shape index (κ1) is 17.1. The summed E-state index contributed by atoms with van der Waals surface area (Å²) >= 11 is 0. The molecule has 1 aromatic heterocycles. The van der Waals surface area contributed by atoms with Gasteiger partial charge in [0.15, 0.2) is 0 Å². The van der Waals surface area contributed by atoms with E-state index in [4.69, 9.17) is 4.98 Å². The first-order valence-electron chi connectivity index (χ1n) is 9.27. The fourth-order valence-corrected chi connectivity index (χ4v) is 3.75. The van der Waals surface area contributed by atoms with Gasteiger partial charge in [-0.05, 0) is 38.1 Å². The molecule has 0 radical (unpaired) electrons. The third-order valence-electron chi connectivity index (χ3n) is 5.31. The number of imidazole rings is 1. The summed E-state index contributed by atoms with van der Waals surface area (Å²) in [7, 11) is 0. The molecule has 0 bridgehead atoms. The Morgan fingerprint density at radius 1 is 1.14 bits per heavy atom. The normalized spacial score (nSPS) is 19.4. The summed E-state index contributed by atoms with van der Waals surface area (Å²) in [5.41, 5.74) is 2.04. The van der Waals surface area contributed by atoms with Crippen LogP contribution >= 0.6 is 0 Å². The number of benzene rings is 2. The molecule has 2 aromatic carbocycles. The van der Waals surface area contributed by atoms with Crippen molar-refractivity contribution >= 4 is 22.9 Å². The van der Waals surface area contributed by atoms with Crippen LogP contribution in [0.5, 0.6) is 0 Å². The third-order valence-corrected chi connectivity index (χ3v) is 5.31. The van der Waals surface area contributed by atoms with Gasteiger partial charge in [-0.2, -0.15) is 0 Å². The Morgan fingerprint density at radius 3 is 2.75 bits per heavy atom. The number of aliphatic imine (C=N–C) groups is 1. The number of halogens is 2. The van der Waals surface area contributed by atoms with Crippen LogP contribution < -0.4 is 10.2 Å². The average molecular weight is 382 g/mol. The van der Waals surface area contributed by atoms with Crippen molar-refractivity contribution in [3.05, 3.63) is 59.7 Å². The minimum Gasteiger partial charge on any atom is -0.331 e. The summed E-state index contributed by atoms with van der Waals surface area (Å²) in [5, 5.41) is 3.34. The molecule has 0 amide bonds. The molecule has 3 aromatic rings. The zero-order valence-electron chi connectivity index (χ0n) is 15.6. The number of fused-ring (bicyclic) bond motifs is 5. The van der Waals surface area contributed by atoms with Gasteiger partial charge in [-0.1, -0.05) is 12.1 Å². The maximum absolute atomic E-state index is 14.7. The van der Waals surface area contributed by atoms with Crippen molar-refractivity contribution in [2.75, 3.05) is 18.2 Å². The standard InChI is InChI=1S/C20H20F2N6/c1-12(2)26-10-23-19-25-18(14-8-7-13(21)9-15(14)22)28-17-6-4-3-5-16(17)24-20(28)27(19)11-26/h3-9,12,18H,10-11H2,1-2H3,(H,23,25)/t18-/m0/s1. The van der Waals surface area contributed by atoms with Crippen LogP contribution in [0.25, 0.3) is 11.0 Å². The van der Waals surface area contributed by atoms with Crippen molar-refractivity contribution in [2.24, 2.45) is 4.99 Å². The lowest BCUT2D eigenvalue weighted by Gasteiger charge is -2.42. The molecule has 8 heteroatoms. The van der Waals surface area contributed by atoms with Crippen LogP contribution in [-0.4, -0.2) is 39.8 Å². The van der Waals surface area contributed by atoms with Crippen molar-refractivity contribution in [1.29, 1.82) is 0 Å². The smallest absolute Gasteiger partial charge is 0.216 e. The largest absolute Gasteiger partial charge is 0.331 e. The molecule has 1 atom stereocenters. The number of rotatable bonds is 2. The van der Waals surface area contributed by atoms with Crippen molar-refractivity contribution in [1.82, 2.24) is 19.8 Å². The van der Waals surface area contributed by atoms with E-state index in [0.29, 0.717) is 36.9 Å². The van der Waals surface area contributed by atoms with E-state index in [9.17, 15) is 8.78 Å². The summed E-state index contributed by atoms with van der Waals surface area (Å²) in [6.07, 6.45) is -0.566. The molecule has 0 spiro atoms. The lowest BCUT2D eigenvalue weighted by Crippen LogP contribution is -2.58. The third kappa shape index (κ3) is 2.56. The average Bonchev–Trinajstić information content (AvgIpc) is 3.07. The Kier molecular flexibility index (Phi) is 3.83. The van der Waals surface area contributed by atoms with Gasteiger partial charge in [0, 0.05) is 17.7 Å². The zero-order chi connectivity index (χ0) is 19.4. The van der Waals surface area contributed by atoms with Crippen LogP contribution in [-0.2, 0) is 0 Å². The number of nitrogens with one attached hydrogen (secondary N) is 1. The van der Waals surface area contributed by atoms with E-state index in [-0.39, 0.29) is 0 Å². The van der Waals surface area contributed by atoms with Gasteiger partial charge >= 0.3 is 0 Å². The van der Waals surface area contributed by atoms with Crippen LogP contribution in [0.3, 0.4) is 0 Å². The fraction of sp³-hybridized carbons (Fsp3) is 0.300. The molecule has 0 fully saturated rings. The molecular formula is C20H20F2N6. The Hall–Kier alpha value is -3.00. The number of para-hydroxylation sites is 2. The molecule has 6 nitrogen and oxygen atoms in total. The van der Waals surface area contributed by atoms with Crippen molar-refractivity contribution < 1.29 is 8.78 Å². The minimum absolute atomic E-state index is 0.329. The highest BCUT2D eigenvalue weighted by molar-refractivity contribution is 5.98. The van der Waals surface area contributed by atoms with Crippen molar-refractivity contribution in [3.63, 3.8) is 0 Å². The van der Waals surface area contributed by atoms with E-state index in [0.717, 1.165) is 17.1 Å². The van der Waals surface area contributed by atoms with Gasteiger partial charge < -0.3 is 5.32 Å². The quantitative estimate of drug-likeness (QED) is 0.739. The Balaban J connectivity index is 1.71. The van der Waals surface area contributed by atoms with E-state index < -0.39 is 17.8 Å².